The van der Waals surface area contributed by atoms with Gasteiger partial charge in [0.05, 0.1) is 0 Å². The molecule has 14 heavy (non-hydrogen) atoms. The Labute approximate surface area is 86.3 Å². The maximum atomic E-state index is 5.63. The van der Waals surface area contributed by atoms with E-state index < -0.39 is 0 Å². The van der Waals surface area contributed by atoms with E-state index in [4.69, 9.17) is 4.74 Å². The molecule has 0 amide bonds. The van der Waals surface area contributed by atoms with Gasteiger partial charge >= 0.3 is 0 Å². The number of ether oxygens (including phenoxy) is 1. The normalized spacial score (nSPS) is 10.2. The van der Waals surface area contributed by atoms with E-state index in [1.165, 1.54) is 11.1 Å². The first-order chi connectivity index (χ1) is 6.74. The minimum absolute atomic E-state index is 0.734. The lowest BCUT2D eigenvalue weighted by atomic mass is 10.1. The van der Waals surface area contributed by atoms with Crippen molar-refractivity contribution in [2.45, 2.75) is 20.8 Å². The van der Waals surface area contributed by atoms with Gasteiger partial charge in [0.15, 0.2) is 0 Å². The van der Waals surface area contributed by atoms with Gasteiger partial charge in [-0.3, -0.25) is 0 Å². The smallest absolute Gasteiger partial charge is 0.122 e. The Bertz CT molecular complexity index is 284. The molecule has 1 N–H and O–H groups in total. The minimum Gasteiger partial charge on any atom is -0.492 e. The summed E-state index contributed by atoms with van der Waals surface area (Å²) < 4.78 is 5.63. The molecule has 0 aromatic heterocycles. The van der Waals surface area contributed by atoms with E-state index in [1.807, 2.05) is 6.07 Å². The van der Waals surface area contributed by atoms with Gasteiger partial charge in [-0.25, -0.2) is 0 Å². The topological polar surface area (TPSA) is 21.3 Å². The molecule has 2 nitrogen and oxygen atoms in total. The molecule has 0 saturated carbocycles. The van der Waals surface area contributed by atoms with Crippen LogP contribution in [0, 0.1) is 13.8 Å². The van der Waals surface area contributed by atoms with E-state index >= 15 is 0 Å². The molecule has 0 unspecified atom stereocenters. The number of hydrogen-bond acceptors (Lipinski definition) is 2. The fraction of sp³-hybridized carbons (Fsp3) is 0.500. The highest BCUT2D eigenvalue weighted by Gasteiger charge is 1.98. The molecule has 0 aliphatic heterocycles. The van der Waals surface area contributed by atoms with Crippen LogP contribution in [0.4, 0.5) is 0 Å². The fourth-order valence-electron chi connectivity index (χ4n) is 1.37. The van der Waals surface area contributed by atoms with Crippen LogP contribution in [-0.4, -0.2) is 19.7 Å². The van der Waals surface area contributed by atoms with Crippen LogP contribution in [0.25, 0.3) is 0 Å². The van der Waals surface area contributed by atoms with Gasteiger partial charge in [-0.15, -0.1) is 0 Å². The molecule has 2 heteroatoms. The molecular formula is C12H19NO. The first-order valence-corrected chi connectivity index (χ1v) is 5.15. The van der Waals surface area contributed by atoms with Crippen molar-refractivity contribution >= 4 is 0 Å². The van der Waals surface area contributed by atoms with Crippen LogP contribution >= 0.6 is 0 Å². The Hall–Kier alpha value is -1.02. The van der Waals surface area contributed by atoms with Crippen LogP contribution in [0.1, 0.15) is 18.1 Å². The number of nitrogens with one attached hydrogen (secondary N) is 1. The summed E-state index contributed by atoms with van der Waals surface area (Å²) in [6.45, 7) is 8.90. The van der Waals surface area contributed by atoms with Crippen molar-refractivity contribution in [3.05, 3.63) is 29.3 Å². The van der Waals surface area contributed by atoms with Gasteiger partial charge in [0.1, 0.15) is 12.4 Å². The highest BCUT2D eigenvalue weighted by Crippen LogP contribution is 2.18. The third-order valence-corrected chi connectivity index (χ3v) is 2.12. The predicted molar refractivity (Wildman–Crippen MR) is 60.0 cm³/mol. The van der Waals surface area contributed by atoms with Gasteiger partial charge in [0.25, 0.3) is 0 Å². The third kappa shape index (κ3) is 3.38. The van der Waals surface area contributed by atoms with Crippen molar-refractivity contribution in [1.29, 1.82) is 0 Å². The highest BCUT2D eigenvalue weighted by molar-refractivity contribution is 5.35. The fourth-order valence-corrected chi connectivity index (χ4v) is 1.37. The number of rotatable bonds is 5. The zero-order valence-corrected chi connectivity index (χ0v) is 9.26. The molecule has 0 spiro atoms. The summed E-state index contributed by atoms with van der Waals surface area (Å²) in [5, 5.41) is 3.22. The Morgan fingerprint density at radius 3 is 2.71 bits per heavy atom. The van der Waals surface area contributed by atoms with Gasteiger partial charge in [-0.1, -0.05) is 24.6 Å². The number of hydrogen-bond donors (Lipinski definition) is 1. The predicted octanol–water partition coefficient (Wildman–Crippen LogP) is 2.29. The van der Waals surface area contributed by atoms with Gasteiger partial charge in [0, 0.05) is 6.54 Å². The Kier molecular flexibility index (Phi) is 4.47. The minimum atomic E-state index is 0.734. The lowest BCUT2D eigenvalue weighted by molar-refractivity contribution is 0.313. The second-order valence-corrected chi connectivity index (χ2v) is 3.47. The standard InChI is InChI=1S/C12H19NO/c1-4-13-7-8-14-12-6-5-10(2)9-11(12)3/h5-6,9,13H,4,7-8H2,1-3H3. The molecule has 1 aromatic carbocycles. The van der Waals surface area contributed by atoms with E-state index in [0.29, 0.717) is 0 Å². The van der Waals surface area contributed by atoms with Crippen LogP contribution in [0.15, 0.2) is 18.2 Å². The second-order valence-electron chi connectivity index (χ2n) is 3.47. The van der Waals surface area contributed by atoms with E-state index in [9.17, 15) is 0 Å². The molecule has 78 valence electrons. The van der Waals surface area contributed by atoms with Crippen molar-refractivity contribution in [1.82, 2.24) is 5.32 Å². The molecule has 0 saturated heterocycles. The number of benzene rings is 1. The van der Waals surface area contributed by atoms with Gasteiger partial charge < -0.3 is 10.1 Å². The van der Waals surface area contributed by atoms with E-state index in [2.05, 4.69) is 38.2 Å². The molecule has 1 rings (SSSR count). The first kappa shape index (κ1) is 11.1. The average Bonchev–Trinajstić information content (AvgIpc) is 2.15. The van der Waals surface area contributed by atoms with E-state index in [1.54, 1.807) is 0 Å². The van der Waals surface area contributed by atoms with Crippen molar-refractivity contribution in [2.75, 3.05) is 19.7 Å². The largest absolute Gasteiger partial charge is 0.492 e. The molecule has 0 aliphatic rings. The second kappa shape index (κ2) is 5.66. The quantitative estimate of drug-likeness (QED) is 0.724. The Morgan fingerprint density at radius 2 is 2.07 bits per heavy atom. The molecule has 1 aromatic rings. The summed E-state index contributed by atoms with van der Waals surface area (Å²) in [6, 6.07) is 6.26. The molecule has 0 bridgehead atoms. The highest BCUT2D eigenvalue weighted by atomic mass is 16.5. The zero-order valence-electron chi connectivity index (χ0n) is 9.26. The van der Waals surface area contributed by atoms with Gasteiger partial charge in [0.2, 0.25) is 0 Å². The van der Waals surface area contributed by atoms with Crippen LogP contribution in [0.5, 0.6) is 5.75 Å². The van der Waals surface area contributed by atoms with Crippen LogP contribution in [0.2, 0.25) is 0 Å². The van der Waals surface area contributed by atoms with Gasteiger partial charge in [-0.2, -0.15) is 0 Å². The summed E-state index contributed by atoms with van der Waals surface area (Å²) in [4.78, 5) is 0. The van der Waals surface area contributed by atoms with Crippen molar-refractivity contribution < 1.29 is 4.74 Å². The van der Waals surface area contributed by atoms with Crippen LogP contribution in [0.3, 0.4) is 0 Å². The lowest BCUT2D eigenvalue weighted by Gasteiger charge is -2.09. The average molecular weight is 193 g/mol. The maximum absolute atomic E-state index is 5.63. The Balaban J connectivity index is 2.42. The van der Waals surface area contributed by atoms with Crippen LogP contribution in [-0.2, 0) is 0 Å². The zero-order chi connectivity index (χ0) is 10.4. The first-order valence-electron chi connectivity index (χ1n) is 5.15. The molecular weight excluding hydrogens is 174 g/mol. The van der Waals surface area contributed by atoms with E-state index in [0.717, 1.165) is 25.4 Å². The summed E-state index contributed by atoms with van der Waals surface area (Å²) in [5.74, 6) is 0.994. The summed E-state index contributed by atoms with van der Waals surface area (Å²) in [5.41, 5.74) is 2.49. The van der Waals surface area contributed by atoms with Gasteiger partial charge in [-0.05, 0) is 32.0 Å². The SMILES string of the molecule is CCNCCOc1ccc(C)cc1C. The molecule has 0 fully saturated rings. The number of likely N-dealkylation sites (N-methyl/N-ethyl adjacent to an activating group) is 1. The molecule has 0 atom stereocenters. The number of aryl methyl sites for hydroxylation is 2. The summed E-state index contributed by atoms with van der Waals surface area (Å²) in [6.07, 6.45) is 0. The summed E-state index contributed by atoms with van der Waals surface area (Å²) >= 11 is 0. The maximum Gasteiger partial charge on any atom is 0.122 e. The van der Waals surface area contributed by atoms with Crippen molar-refractivity contribution in [3.63, 3.8) is 0 Å². The Morgan fingerprint density at radius 1 is 1.29 bits per heavy atom. The lowest BCUT2D eigenvalue weighted by Crippen LogP contribution is -2.20. The monoisotopic (exact) mass is 193 g/mol. The molecule has 0 radical (unpaired) electrons. The molecule has 0 heterocycles. The van der Waals surface area contributed by atoms with Crippen LogP contribution < -0.4 is 10.1 Å². The summed E-state index contributed by atoms with van der Waals surface area (Å²) in [7, 11) is 0. The van der Waals surface area contributed by atoms with Crippen molar-refractivity contribution in [3.8, 4) is 5.75 Å². The third-order valence-electron chi connectivity index (χ3n) is 2.12. The molecule has 0 aliphatic carbocycles. The van der Waals surface area contributed by atoms with Crippen molar-refractivity contribution in [2.24, 2.45) is 0 Å². The van der Waals surface area contributed by atoms with E-state index in [-0.39, 0.29) is 0 Å².